The van der Waals surface area contributed by atoms with E-state index in [1.165, 1.54) is 6.20 Å². The monoisotopic (exact) mass is 115 g/mol. The molecule has 0 fully saturated rings. The maximum absolute atomic E-state index is 5.29. The predicted octanol–water partition coefficient (Wildman–Crippen LogP) is -1.35. The van der Waals surface area contributed by atoms with Crippen LogP contribution < -0.4 is 11.2 Å². The van der Waals surface area contributed by atoms with E-state index in [1.54, 1.807) is 6.20 Å². The summed E-state index contributed by atoms with van der Waals surface area (Å²) >= 11 is 0. The molecule has 1 aromatic heterocycles. The lowest BCUT2D eigenvalue weighted by atomic mass is 9.78. The molecular weight excluding hydrogens is 110 g/mol. The Kier molecular flexibility index (Phi) is 1.88. The summed E-state index contributed by atoms with van der Waals surface area (Å²) in [4.78, 5) is 7.79. The average Bonchev–Trinajstić information content (AvgIpc) is 1.90. The molecule has 41 valence electrons. The minimum Gasteiger partial charge on any atom is -0.270 e. The molecule has 0 spiro atoms. The molecule has 3 radical (unpaired) electrons. The number of hydrogen-bond acceptors (Lipinski definition) is 2. The van der Waals surface area contributed by atoms with E-state index in [1.807, 2.05) is 14.1 Å². The van der Waals surface area contributed by atoms with E-state index in [9.17, 15) is 0 Å². The molecule has 1 aromatic rings. The summed E-state index contributed by atoms with van der Waals surface area (Å²) in [6.45, 7) is 1.90. The minimum absolute atomic E-state index is 0.459. The summed E-state index contributed by atoms with van der Waals surface area (Å²) in [5, 5.41) is 0. The summed E-state index contributed by atoms with van der Waals surface area (Å²) in [5.41, 5.74) is 1.31. The third-order valence-electron chi connectivity index (χ3n) is 0.988. The van der Waals surface area contributed by atoms with Crippen LogP contribution in [0.1, 0.15) is 0 Å². The van der Waals surface area contributed by atoms with Gasteiger partial charge in [-0.15, -0.1) is 0 Å². The van der Waals surface area contributed by atoms with Crippen LogP contribution in [0.4, 0.5) is 0 Å². The molecule has 0 aliphatic heterocycles. The van der Waals surface area contributed by atoms with Crippen LogP contribution in [0.15, 0.2) is 12.4 Å². The van der Waals surface area contributed by atoms with Crippen molar-refractivity contribution >= 4 is 26.3 Å². The van der Waals surface area contributed by atoms with Crippen LogP contribution in [0.25, 0.3) is 0 Å². The van der Waals surface area contributed by atoms with Gasteiger partial charge in [0.05, 0.1) is 0 Å². The fraction of sp³-hybridized carbons (Fsp3) is 0.200. The predicted molar refractivity (Wildman–Crippen MR) is 38.7 cm³/mol. The van der Waals surface area contributed by atoms with E-state index in [4.69, 9.17) is 7.85 Å². The zero-order valence-electron chi connectivity index (χ0n) is 5.20. The van der Waals surface area contributed by atoms with E-state index >= 15 is 0 Å². The van der Waals surface area contributed by atoms with Crippen LogP contribution in [0.2, 0.25) is 6.82 Å². The standard InChI is InChI=1S/C5H5B2N2/c1-7-5-3-8-4(6)2-9-5/h2-3H,1H3. The topological polar surface area (TPSA) is 25.8 Å². The Hall–Kier alpha value is -0.790. The Balaban J connectivity index is 2.88. The van der Waals surface area contributed by atoms with Gasteiger partial charge in [0, 0.05) is 23.6 Å². The van der Waals surface area contributed by atoms with E-state index in [0.717, 1.165) is 5.59 Å². The Morgan fingerprint density at radius 3 is 2.67 bits per heavy atom. The van der Waals surface area contributed by atoms with E-state index in [2.05, 4.69) is 9.97 Å². The highest BCUT2D eigenvalue weighted by molar-refractivity contribution is 6.50. The highest BCUT2D eigenvalue weighted by Gasteiger charge is 1.89. The molecule has 0 N–H and O–H groups in total. The average molecular weight is 115 g/mol. The SMILES string of the molecule is [B]c1cnc([B]C)cn1. The highest BCUT2D eigenvalue weighted by Crippen LogP contribution is 1.64. The van der Waals surface area contributed by atoms with Gasteiger partial charge in [0.15, 0.2) is 7.28 Å². The molecule has 0 bridgehead atoms. The quantitative estimate of drug-likeness (QED) is 0.422. The van der Waals surface area contributed by atoms with Crippen molar-refractivity contribution in [3.63, 3.8) is 0 Å². The first-order valence-corrected chi connectivity index (χ1v) is 2.70. The molecule has 0 aliphatic carbocycles. The van der Waals surface area contributed by atoms with Crippen molar-refractivity contribution < 1.29 is 0 Å². The third-order valence-corrected chi connectivity index (χ3v) is 0.988. The zero-order valence-corrected chi connectivity index (χ0v) is 5.20. The van der Waals surface area contributed by atoms with Gasteiger partial charge in [0.1, 0.15) is 7.85 Å². The van der Waals surface area contributed by atoms with Crippen molar-refractivity contribution in [1.29, 1.82) is 0 Å². The molecule has 1 heterocycles. The number of aromatic nitrogens is 2. The van der Waals surface area contributed by atoms with Crippen molar-refractivity contribution in [3.05, 3.63) is 12.4 Å². The zero-order chi connectivity index (χ0) is 6.69. The van der Waals surface area contributed by atoms with Gasteiger partial charge in [-0.05, 0) is 0 Å². The lowest BCUT2D eigenvalue weighted by Gasteiger charge is -1.92. The van der Waals surface area contributed by atoms with Crippen molar-refractivity contribution in [2.75, 3.05) is 0 Å². The van der Waals surface area contributed by atoms with Gasteiger partial charge in [0.2, 0.25) is 0 Å². The van der Waals surface area contributed by atoms with Gasteiger partial charge < -0.3 is 0 Å². The van der Waals surface area contributed by atoms with Crippen LogP contribution in [0.5, 0.6) is 0 Å². The molecule has 0 unspecified atom stereocenters. The van der Waals surface area contributed by atoms with Crippen LogP contribution in [0, 0.1) is 0 Å². The fourth-order valence-corrected chi connectivity index (χ4v) is 0.497. The van der Waals surface area contributed by atoms with E-state index in [0.29, 0.717) is 5.59 Å². The minimum atomic E-state index is 0.459. The van der Waals surface area contributed by atoms with Gasteiger partial charge in [-0.1, -0.05) is 6.82 Å². The molecule has 4 heteroatoms. The van der Waals surface area contributed by atoms with Crippen LogP contribution in [0.3, 0.4) is 0 Å². The van der Waals surface area contributed by atoms with Crippen molar-refractivity contribution in [3.8, 4) is 0 Å². The highest BCUT2D eigenvalue weighted by atomic mass is 14.8. The smallest absolute Gasteiger partial charge is 0.176 e. The van der Waals surface area contributed by atoms with Crippen LogP contribution in [-0.2, 0) is 0 Å². The number of nitrogens with zero attached hydrogens (tertiary/aromatic N) is 2. The molecule has 1 rings (SSSR count). The lowest BCUT2D eigenvalue weighted by molar-refractivity contribution is 1.29. The van der Waals surface area contributed by atoms with Crippen molar-refractivity contribution in [1.82, 2.24) is 9.97 Å². The van der Waals surface area contributed by atoms with Gasteiger partial charge in [-0.3, -0.25) is 9.97 Å². The fourth-order valence-electron chi connectivity index (χ4n) is 0.497. The summed E-state index contributed by atoms with van der Waals surface area (Å²) in [5.74, 6) is 0. The second-order valence-corrected chi connectivity index (χ2v) is 1.65. The molecular formula is C5H5B2N2. The number of rotatable bonds is 1. The molecule has 0 aliphatic rings. The second kappa shape index (κ2) is 2.67. The first-order chi connectivity index (χ1) is 4.33. The summed E-state index contributed by atoms with van der Waals surface area (Å²) in [6, 6.07) is 0. The van der Waals surface area contributed by atoms with Gasteiger partial charge in [-0.25, -0.2) is 0 Å². The molecule has 0 atom stereocenters. The maximum Gasteiger partial charge on any atom is 0.176 e. The van der Waals surface area contributed by atoms with Crippen molar-refractivity contribution in [2.24, 2.45) is 0 Å². The normalized spacial score (nSPS) is 9.00. The first kappa shape index (κ1) is 6.33. The second-order valence-electron chi connectivity index (χ2n) is 1.65. The van der Waals surface area contributed by atoms with Crippen molar-refractivity contribution in [2.45, 2.75) is 6.82 Å². The van der Waals surface area contributed by atoms with Crippen LogP contribution >= 0.6 is 0 Å². The largest absolute Gasteiger partial charge is 0.270 e. The summed E-state index contributed by atoms with van der Waals surface area (Å²) in [6.07, 6.45) is 3.17. The Morgan fingerprint density at radius 2 is 2.22 bits per heavy atom. The Morgan fingerprint density at radius 1 is 1.44 bits per heavy atom. The summed E-state index contributed by atoms with van der Waals surface area (Å²) < 4.78 is 0. The van der Waals surface area contributed by atoms with Gasteiger partial charge in [-0.2, -0.15) is 0 Å². The first-order valence-electron chi connectivity index (χ1n) is 2.70. The third kappa shape index (κ3) is 1.56. The molecule has 0 aromatic carbocycles. The Labute approximate surface area is 56.4 Å². The maximum atomic E-state index is 5.29. The number of hydrogen-bond donors (Lipinski definition) is 0. The van der Waals surface area contributed by atoms with Crippen LogP contribution in [-0.4, -0.2) is 25.1 Å². The van der Waals surface area contributed by atoms with Gasteiger partial charge in [0.25, 0.3) is 0 Å². The van der Waals surface area contributed by atoms with Gasteiger partial charge >= 0.3 is 0 Å². The summed E-state index contributed by atoms with van der Waals surface area (Å²) in [7, 11) is 7.16. The lowest BCUT2D eigenvalue weighted by Crippen LogP contribution is -2.21. The molecule has 9 heavy (non-hydrogen) atoms. The Bertz CT molecular complexity index is 185. The van der Waals surface area contributed by atoms with E-state index in [-0.39, 0.29) is 0 Å². The molecule has 0 saturated carbocycles. The molecule has 0 amide bonds. The molecule has 2 nitrogen and oxygen atoms in total. The molecule has 0 saturated heterocycles. The van der Waals surface area contributed by atoms with E-state index < -0.39 is 0 Å².